The molecule has 0 unspecified atom stereocenters. The van der Waals surface area contributed by atoms with Gasteiger partial charge in [-0.3, -0.25) is 9.59 Å². The summed E-state index contributed by atoms with van der Waals surface area (Å²) < 4.78 is 24.6. The second kappa shape index (κ2) is 4.53. The van der Waals surface area contributed by atoms with E-state index in [0.29, 0.717) is 6.07 Å². The molecule has 16 heavy (non-hydrogen) atoms. The number of rotatable bonds is 3. The molecule has 5 nitrogen and oxygen atoms in total. The number of halogens is 2. The van der Waals surface area contributed by atoms with E-state index in [0.717, 1.165) is 0 Å². The van der Waals surface area contributed by atoms with Gasteiger partial charge in [0.25, 0.3) is 12.0 Å². The van der Waals surface area contributed by atoms with Crippen LogP contribution in [0.4, 0.5) is 8.78 Å². The first-order valence-electron chi connectivity index (χ1n) is 4.12. The van der Waals surface area contributed by atoms with Crippen molar-refractivity contribution in [2.45, 2.75) is 12.8 Å². The lowest BCUT2D eigenvalue weighted by molar-refractivity contribution is -0.136. The van der Waals surface area contributed by atoms with Crippen LogP contribution >= 0.6 is 0 Å². The fraction of sp³-hybridized carbons (Fsp3) is 0.222. The maximum atomic E-state index is 12.3. The maximum absolute atomic E-state index is 12.3. The number of nitrogens with one attached hydrogen (secondary N) is 1. The van der Waals surface area contributed by atoms with Crippen molar-refractivity contribution in [3.63, 3.8) is 0 Å². The number of nitriles is 1. The number of carbonyl (C=O) groups is 1. The van der Waals surface area contributed by atoms with Gasteiger partial charge in [-0.15, -0.1) is 0 Å². The highest BCUT2D eigenvalue weighted by atomic mass is 19.3. The van der Waals surface area contributed by atoms with E-state index in [2.05, 4.69) is 0 Å². The molecule has 0 spiro atoms. The summed E-state index contributed by atoms with van der Waals surface area (Å²) >= 11 is 0. The van der Waals surface area contributed by atoms with Crippen LogP contribution in [0, 0.1) is 11.3 Å². The summed E-state index contributed by atoms with van der Waals surface area (Å²) in [5.74, 6) is -1.27. The predicted octanol–water partition coefficient (Wildman–Crippen LogP) is 0.811. The molecular weight excluding hydrogens is 222 g/mol. The Balaban J connectivity index is 3.34. The Kier molecular flexibility index (Phi) is 3.35. The Bertz CT molecular complexity index is 516. The van der Waals surface area contributed by atoms with Crippen molar-refractivity contribution in [3.05, 3.63) is 33.2 Å². The molecule has 2 N–H and O–H groups in total. The molecule has 0 amide bonds. The third kappa shape index (κ3) is 2.42. The SMILES string of the molecule is N#Cc1cc(C(F)F)c(=O)[nH]c1CC(=O)O. The number of aromatic amines is 1. The van der Waals surface area contributed by atoms with Crippen molar-refractivity contribution in [2.75, 3.05) is 0 Å². The van der Waals surface area contributed by atoms with E-state index < -0.39 is 29.9 Å². The topological polar surface area (TPSA) is 94.0 Å². The first kappa shape index (κ1) is 11.8. The predicted molar refractivity (Wildman–Crippen MR) is 48.1 cm³/mol. The highest BCUT2D eigenvalue weighted by Crippen LogP contribution is 2.16. The number of pyridine rings is 1. The van der Waals surface area contributed by atoms with Gasteiger partial charge >= 0.3 is 5.97 Å². The number of hydrogen-bond donors (Lipinski definition) is 2. The van der Waals surface area contributed by atoms with Crippen LogP contribution in [0.1, 0.15) is 23.2 Å². The highest BCUT2D eigenvalue weighted by molar-refractivity contribution is 5.70. The van der Waals surface area contributed by atoms with Crippen LogP contribution in [0.2, 0.25) is 0 Å². The van der Waals surface area contributed by atoms with Crippen molar-refractivity contribution >= 4 is 5.97 Å². The van der Waals surface area contributed by atoms with E-state index in [1.807, 2.05) is 4.98 Å². The zero-order chi connectivity index (χ0) is 12.3. The van der Waals surface area contributed by atoms with Crippen LogP contribution in [-0.2, 0) is 11.2 Å². The molecule has 0 saturated heterocycles. The Hall–Kier alpha value is -2.23. The number of hydrogen-bond acceptors (Lipinski definition) is 3. The number of carboxylic acids is 1. The normalized spacial score (nSPS) is 10.1. The Morgan fingerprint density at radius 3 is 2.69 bits per heavy atom. The Morgan fingerprint density at radius 1 is 1.62 bits per heavy atom. The summed E-state index contributed by atoms with van der Waals surface area (Å²) in [6.45, 7) is 0. The first-order chi connectivity index (χ1) is 7.45. The third-order valence-electron chi connectivity index (χ3n) is 1.84. The zero-order valence-electron chi connectivity index (χ0n) is 7.83. The maximum Gasteiger partial charge on any atom is 0.309 e. The van der Waals surface area contributed by atoms with E-state index in [9.17, 15) is 18.4 Å². The van der Waals surface area contributed by atoms with E-state index in [1.54, 1.807) is 6.07 Å². The summed E-state index contributed by atoms with van der Waals surface area (Å²) in [5, 5.41) is 17.1. The van der Waals surface area contributed by atoms with Gasteiger partial charge < -0.3 is 10.1 Å². The quantitative estimate of drug-likeness (QED) is 0.800. The van der Waals surface area contributed by atoms with Gasteiger partial charge in [-0.25, -0.2) is 8.78 Å². The molecule has 0 aliphatic carbocycles. The van der Waals surface area contributed by atoms with Crippen LogP contribution < -0.4 is 5.56 Å². The van der Waals surface area contributed by atoms with Crippen LogP contribution in [0.25, 0.3) is 0 Å². The second-order valence-corrected chi connectivity index (χ2v) is 2.93. The number of carboxylic acid groups (broad SMARTS) is 1. The summed E-state index contributed by atoms with van der Waals surface area (Å²) in [6.07, 6.45) is -3.60. The average Bonchev–Trinajstić information content (AvgIpc) is 2.16. The van der Waals surface area contributed by atoms with Crippen molar-refractivity contribution in [3.8, 4) is 6.07 Å². The van der Waals surface area contributed by atoms with Gasteiger partial charge in [-0.2, -0.15) is 5.26 Å². The number of aromatic nitrogens is 1. The van der Waals surface area contributed by atoms with Crippen LogP contribution in [0.15, 0.2) is 10.9 Å². The Morgan fingerprint density at radius 2 is 2.25 bits per heavy atom. The van der Waals surface area contributed by atoms with Crippen molar-refractivity contribution in [1.82, 2.24) is 4.98 Å². The van der Waals surface area contributed by atoms with Gasteiger partial charge in [0.2, 0.25) is 0 Å². The average molecular weight is 228 g/mol. The van der Waals surface area contributed by atoms with Crippen LogP contribution in [-0.4, -0.2) is 16.1 Å². The van der Waals surface area contributed by atoms with Gasteiger partial charge in [0, 0.05) is 5.69 Å². The molecule has 1 aromatic rings. The molecule has 0 atom stereocenters. The lowest BCUT2D eigenvalue weighted by atomic mass is 10.1. The molecule has 0 aromatic carbocycles. The van der Waals surface area contributed by atoms with E-state index >= 15 is 0 Å². The molecule has 84 valence electrons. The summed E-state index contributed by atoms with van der Waals surface area (Å²) in [5.41, 5.74) is -2.36. The molecular formula is C9H6F2N2O3. The molecule has 1 rings (SSSR count). The summed E-state index contributed by atoms with van der Waals surface area (Å²) in [4.78, 5) is 23.4. The summed E-state index contributed by atoms with van der Waals surface area (Å²) in [6, 6.07) is 2.27. The molecule has 0 bridgehead atoms. The minimum absolute atomic E-state index is 0.176. The zero-order valence-corrected chi connectivity index (χ0v) is 7.83. The molecule has 0 aliphatic rings. The van der Waals surface area contributed by atoms with E-state index in [1.165, 1.54) is 0 Å². The first-order valence-corrected chi connectivity index (χ1v) is 4.12. The standard InChI is InChI=1S/C9H6F2N2O3/c10-8(11)5-1-4(3-12)6(2-7(14)15)13-9(5)16/h1,8H,2H2,(H,13,16)(H,14,15). The molecule has 1 heterocycles. The van der Waals surface area contributed by atoms with Crippen LogP contribution in [0.3, 0.4) is 0 Å². The lowest BCUT2D eigenvalue weighted by Crippen LogP contribution is -2.18. The largest absolute Gasteiger partial charge is 0.481 e. The van der Waals surface area contributed by atoms with Gasteiger partial charge in [0.1, 0.15) is 6.07 Å². The molecule has 7 heteroatoms. The highest BCUT2D eigenvalue weighted by Gasteiger charge is 2.17. The van der Waals surface area contributed by atoms with Gasteiger partial charge in [-0.05, 0) is 6.07 Å². The number of aliphatic carboxylic acids is 1. The second-order valence-electron chi connectivity index (χ2n) is 2.93. The Labute approximate surface area is 88.0 Å². The monoisotopic (exact) mass is 228 g/mol. The molecule has 0 fully saturated rings. The minimum atomic E-state index is -3.00. The van der Waals surface area contributed by atoms with Crippen molar-refractivity contribution in [2.24, 2.45) is 0 Å². The molecule has 0 radical (unpaired) electrons. The number of alkyl halides is 2. The fourth-order valence-electron chi connectivity index (χ4n) is 1.14. The van der Waals surface area contributed by atoms with Gasteiger partial charge in [0.05, 0.1) is 17.5 Å². The molecule has 0 aliphatic heterocycles. The smallest absolute Gasteiger partial charge is 0.309 e. The fourth-order valence-corrected chi connectivity index (χ4v) is 1.14. The van der Waals surface area contributed by atoms with Crippen molar-refractivity contribution in [1.29, 1.82) is 5.26 Å². The van der Waals surface area contributed by atoms with E-state index in [4.69, 9.17) is 10.4 Å². The number of H-pyrrole nitrogens is 1. The number of nitrogens with zero attached hydrogens (tertiary/aromatic N) is 1. The molecule has 0 saturated carbocycles. The van der Waals surface area contributed by atoms with Crippen molar-refractivity contribution < 1.29 is 18.7 Å². The molecule has 1 aromatic heterocycles. The van der Waals surface area contributed by atoms with Gasteiger partial charge in [-0.1, -0.05) is 0 Å². The summed E-state index contributed by atoms with van der Waals surface area (Å²) in [7, 11) is 0. The lowest BCUT2D eigenvalue weighted by Gasteiger charge is -2.03. The van der Waals surface area contributed by atoms with E-state index in [-0.39, 0.29) is 11.3 Å². The van der Waals surface area contributed by atoms with Gasteiger partial charge in [0.15, 0.2) is 0 Å². The van der Waals surface area contributed by atoms with Crippen LogP contribution in [0.5, 0.6) is 0 Å². The third-order valence-corrected chi connectivity index (χ3v) is 1.84. The minimum Gasteiger partial charge on any atom is -0.481 e.